The molecule has 0 spiro atoms. The molecule has 6 heteroatoms. The Morgan fingerprint density at radius 3 is 2.46 bits per heavy atom. The van der Waals surface area contributed by atoms with Gasteiger partial charge in [-0.25, -0.2) is 4.98 Å². The van der Waals surface area contributed by atoms with Crippen molar-refractivity contribution in [2.45, 2.75) is 37.8 Å². The molecule has 0 aliphatic heterocycles. The van der Waals surface area contributed by atoms with Gasteiger partial charge in [0.15, 0.2) is 0 Å². The third kappa shape index (κ3) is 3.91. The minimum Gasteiger partial charge on any atom is -0.393 e. The molecule has 1 aromatic carbocycles. The predicted octanol–water partition coefficient (Wildman–Crippen LogP) is 1.85. The van der Waals surface area contributed by atoms with Crippen molar-refractivity contribution in [3.8, 4) is 0 Å². The van der Waals surface area contributed by atoms with Crippen LogP contribution in [0, 0.1) is 0 Å². The second kappa shape index (κ2) is 7.66. The number of hydrogen-bond donors (Lipinski definition) is 3. The van der Waals surface area contributed by atoms with E-state index >= 15 is 0 Å². The lowest BCUT2D eigenvalue weighted by molar-refractivity contribution is 0.0562. The maximum absolute atomic E-state index is 12.6. The second-order valence-electron chi connectivity index (χ2n) is 6.67. The number of nitrogens with one attached hydrogen (secondary N) is 2. The SMILES string of the molecule is CNC(=O)c1cc(C(=O)NC2CC(O)C2)cc([C@@H](C)c2ccccc2)n1. The van der Waals surface area contributed by atoms with Gasteiger partial charge in [-0.1, -0.05) is 37.3 Å². The van der Waals surface area contributed by atoms with Gasteiger partial charge in [0.2, 0.25) is 0 Å². The van der Waals surface area contributed by atoms with Gasteiger partial charge in [0, 0.05) is 30.3 Å². The number of amides is 2. The Morgan fingerprint density at radius 1 is 1.15 bits per heavy atom. The van der Waals surface area contributed by atoms with E-state index in [0.29, 0.717) is 24.1 Å². The summed E-state index contributed by atoms with van der Waals surface area (Å²) in [6, 6.07) is 13.0. The van der Waals surface area contributed by atoms with Crippen LogP contribution >= 0.6 is 0 Å². The van der Waals surface area contributed by atoms with Crippen LogP contribution in [0.1, 0.15) is 57.8 Å². The number of pyridine rings is 1. The fraction of sp³-hybridized carbons (Fsp3) is 0.350. The summed E-state index contributed by atoms with van der Waals surface area (Å²) in [6.45, 7) is 2.00. The van der Waals surface area contributed by atoms with Gasteiger partial charge in [-0.3, -0.25) is 9.59 Å². The maximum atomic E-state index is 12.6. The van der Waals surface area contributed by atoms with Gasteiger partial charge in [0.05, 0.1) is 6.10 Å². The molecule has 6 nitrogen and oxygen atoms in total. The molecule has 1 aliphatic rings. The van der Waals surface area contributed by atoms with E-state index in [9.17, 15) is 14.7 Å². The molecule has 1 aliphatic carbocycles. The number of nitrogens with zero attached hydrogens (tertiary/aromatic N) is 1. The average molecular weight is 353 g/mol. The van der Waals surface area contributed by atoms with Crippen molar-refractivity contribution < 1.29 is 14.7 Å². The van der Waals surface area contributed by atoms with E-state index in [1.165, 1.54) is 13.1 Å². The van der Waals surface area contributed by atoms with E-state index in [2.05, 4.69) is 15.6 Å². The Morgan fingerprint density at radius 2 is 1.85 bits per heavy atom. The number of aliphatic hydroxyl groups excluding tert-OH is 1. The van der Waals surface area contributed by atoms with Crippen LogP contribution in [-0.4, -0.2) is 41.1 Å². The van der Waals surface area contributed by atoms with Crippen molar-refractivity contribution in [1.82, 2.24) is 15.6 Å². The van der Waals surface area contributed by atoms with E-state index in [-0.39, 0.29) is 35.6 Å². The van der Waals surface area contributed by atoms with E-state index in [0.717, 1.165) is 5.56 Å². The van der Waals surface area contributed by atoms with E-state index in [1.807, 2.05) is 37.3 Å². The molecule has 1 heterocycles. The summed E-state index contributed by atoms with van der Waals surface area (Å²) in [4.78, 5) is 29.1. The summed E-state index contributed by atoms with van der Waals surface area (Å²) in [5, 5.41) is 14.8. The highest BCUT2D eigenvalue weighted by Gasteiger charge is 2.29. The predicted molar refractivity (Wildman–Crippen MR) is 98.1 cm³/mol. The average Bonchev–Trinajstić information content (AvgIpc) is 2.65. The maximum Gasteiger partial charge on any atom is 0.269 e. The summed E-state index contributed by atoms with van der Waals surface area (Å²) in [5.41, 5.74) is 2.34. The third-order valence-corrected chi connectivity index (χ3v) is 4.76. The van der Waals surface area contributed by atoms with Crippen LogP contribution in [0.5, 0.6) is 0 Å². The second-order valence-corrected chi connectivity index (χ2v) is 6.67. The molecular weight excluding hydrogens is 330 g/mol. The first-order chi connectivity index (χ1) is 12.5. The Balaban J connectivity index is 1.91. The fourth-order valence-corrected chi connectivity index (χ4v) is 3.04. The Bertz CT molecular complexity index is 801. The number of aliphatic hydroxyl groups is 1. The monoisotopic (exact) mass is 353 g/mol. The van der Waals surface area contributed by atoms with Gasteiger partial charge in [-0.15, -0.1) is 0 Å². The molecule has 0 saturated heterocycles. The number of aromatic nitrogens is 1. The van der Waals surface area contributed by atoms with Crippen LogP contribution in [-0.2, 0) is 0 Å². The van der Waals surface area contributed by atoms with Crippen molar-refractivity contribution in [1.29, 1.82) is 0 Å². The lowest BCUT2D eigenvalue weighted by atomic mass is 9.89. The van der Waals surface area contributed by atoms with Crippen molar-refractivity contribution >= 4 is 11.8 Å². The van der Waals surface area contributed by atoms with Crippen LogP contribution in [0.15, 0.2) is 42.5 Å². The van der Waals surface area contributed by atoms with Crippen molar-refractivity contribution in [2.24, 2.45) is 0 Å². The fourth-order valence-electron chi connectivity index (χ4n) is 3.04. The van der Waals surface area contributed by atoms with Gasteiger partial charge in [0.1, 0.15) is 5.69 Å². The number of rotatable bonds is 5. The number of hydrogen-bond acceptors (Lipinski definition) is 4. The summed E-state index contributed by atoms with van der Waals surface area (Å²) in [6.07, 6.45) is 0.784. The molecule has 2 amide bonds. The van der Waals surface area contributed by atoms with E-state index in [4.69, 9.17) is 0 Å². The lowest BCUT2D eigenvalue weighted by Gasteiger charge is -2.32. The van der Waals surface area contributed by atoms with Gasteiger partial charge in [0.25, 0.3) is 11.8 Å². The first kappa shape index (κ1) is 18.1. The first-order valence-corrected chi connectivity index (χ1v) is 8.76. The van der Waals surface area contributed by atoms with Crippen LogP contribution in [0.4, 0.5) is 0 Å². The standard InChI is InChI=1S/C20H23N3O3/c1-12(13-6-4-3-5-7-13)17-8-14(9-18(23-17)20(26)21-2)19(25)22-15-10-16(24)11-15/h3-9,12,15-16,24H,10-11H2,1-2H3,(H,21,26)(H,22,25)/t12-,15?,16?/m0/s1. The molecule has 1 saturated carbocycles. The minimum absolute atomic E-state index is 0.0240. The molecular formula is C20H23N3O3. The molecule has 1 atom stereocenters. The van der Waals surface area contributed by atoms with Crippen LogP contribution in [0.2, 0.25) is 0 Å². The zero-order valence-electron chi connectivity index (χ0n) is 14.9. The van der Waals surface area contributed by atoms with Crippen molar-refractivity contribution in [3.63, 3.8) is 0 Å². The molecule has 136 valence electrons. The Kier molecular flexibility index (Phi) is 5.32. The summed E-state index contributed by atoms with van der Waals surface area (Å²) in [5.74, 6) is -0.644. The Labute approximate surface area is 152 Å². The highest BCUT2D eigenvalue weighted by Crippen LogP contribution is 2.24. The number of carbonyl (C=O) groups is 2. The molecule has 0 radical (unpaired) electrons. The zero-order chi connectivity index (χ0) is 18.7. The smallest absolute Gasteiger partial charge is 0.269 e. The molecule has 1 fully saturated rings. The van der Waals surface area contributed by atoms with Crippen LogP contribution in [0.3, 0.4) is 0 Å². The van der Waals surface area contributed by atoms with Gasteiger partial charge < -0.3 is 15.7 Å². The van der Waals surface area contributed by atoms with E-state index in [1.54, 1.807) is 6.07 Å². The van der Waals surface area contributed by atoms with Gasteiger partial charge in [-0.2, -0.15) is 0 Å². The molecule has 0 unspecified atom stereocenters. The van der Waals surface area contributed by atoms with Gasteiger partial charge in [-0.05, 0) is 30.5 Å². The highest BCUT2D eigenvalue weighted by molar-refractivity contribution is 5.98. The molecule has 3 rings (SSSR count). The lowest BCUT2D eigenvalue weighted by Crippen LogP contribution is -2.46. The highest BCUT2D eigenvalue weighted by atomic mass is 16.3. The van der Waals surface area contributed by atoms with Crippen LogP contribution in [0.25, 0.3) is 0 Å². The number of carbonyl (C=O) groups excluding carboxylic acids is 2. The molecule has 1 aromatic heterocycles. The summed E-state index contributed by atoms with van der Waals surface area (Å²) < 4.78 is 0. The van der Waals surface area contributed by atoms with E-state index < -0.39 is 0 Å². The van der Waals surface area contributed by atoms with Crippen molar-refractivity contribution in [3.05, 3.63) is 65.0 Å². The first-order valence-electron chi connectivity index (χ1n) is 8.76. The van der Waals surface area contributed by atoms with Gasteiger partial charge >= 0.3 is 0 Å². The minimum atomic E-state index is -0.340. The third-order valence-electron chi connectivity index (χ3n) is 4.76. The molecule has 3 N–H and O–H groups in total. The normalized spacial score (nSPS) is 20.0. The van der Waals surface area contributed by atoms with Crippen molar-refractivity contribution in [2.75, 3.05) is 7.05 Å². The zero-order valence-corrected chi connectivity index (χ0v) is 14.9. The Hall–Kier alpha value is -2.73. The largest absolute Gasteiger partial charge is 0.393 e. The topological polar surface area (TPSA) is 91.3 Å². The molecule has 0 bridgehead atoms. The molecule has 2 aromatic rings. The molecule has 26 heavy (non-hydrogen) atoms. The van der Waals surface area contributed by atoms with Crippen LogP contribution < -0.4 is 10.6 Å². The summed E-state index contributed by atoms with van der Waals surface area (Å²) in [7, 11) is 1.53. The summed E-state index contributed by atoms with van der Waals surface area (Å²) >= 11 is 0. The quantitative estimate of drug-likeness (QED) is 0.765. The number of benzene rings is 1.